The Labute approximate surface area is 414 Å². The Morgan fingerprint density at radius 1 is 0.463 bits per heavy atom. The number of carboxylic acids is 1. The summed E-state index contributed by atoms with van der Waals surface area (Å²) in [5.74, 6) is -1.47. The molecular weight excluding hydrogens is 835 g/mol. The third-order valence-electron chi connectivity index (χ3n) is 12.7. The number of ether oxygens (including phenoxy) is 3. The number of quaternary nitrogens is 1. The Morgan fingerprint density at radius 2 is 0.836 bits per heavy atom. The number of allylic oxidation sites excluding steroid dienone is 8. The first kappa shape index (κ1) is 64.3. The molecule has 0 saturated heterocycles. The van der Waals surface area contributed by atoms with Crippen LogP contribution in [0.1, 0.15) is 258 Å². The average Bonchev–Trinajstić information content (AvgIpc) is 3.29. The van der Waals surface area contributed by atoms with E-state index in [1.807, 2.05) is 21.1 Å². The number of carbonyl (C=O) groups is 3. The highest BCUT2D eigenvalue weighted by Gasteiger charge is 2.31. The normalized spacial score (nSPS) is 13.1. The van der Waals surface area contributed by atoms with Gasteiger partial charge in [-0.3, -0.25) is 9.59 Å². The van der Waals surface area contributed by atoms with Gasteiger partial charge in [0.2, 0.25) is 0 Å². The summed E-state index contributed by atoms with van der Waals surface area (Å²) in [7, 11) is 5.54. The van der Waals surface area contributed by atoms with E-state index in [9.17, 15) is 19.5 Å². The lowest BCUT2D eigenvalue weighted by Gasteiger charge is -2.31. The van der Waals surface area contributed by atoms with Gasteiger partial charge in [-0.15, -0.1) is 0 Å². The number of aliphatic carboxylic acids is 1. The topological polar surface area (TPSA) is 99.1 Å². The molecule has 0 aliphatic heterocycles. The van der Waals surface area contributed by atoms with Gasteiger partial charge in [0.15, 0.2) is 12.1 Å². The molecule has 0 aliphatic rings. The summed E-state index contributed by atoms with van der Waals surface area (Å²) in [5, 5.41) is 9.67. The van der Waals surface area contributed by atoms with Gasteiger partial charge in [-0.05, 0) is 70.6 Å². The Balaban J connectivity index is 4.20. The van der Waals surface area contributed by atoms with Crippen molar-refractivity contribution >= 4 is 17.9 Å². The third kappa shape index (κ3) is 48.1. The van der Waals surface area contributed by atoms with Gasteiger partial charge in [0.25, 0.3) is 0 Å². The van der Waals surface area contributed by atoms with Gasteiger partial charge in [-0.1, -0.05) is 217 Å². The summed E-state index contributed by atoms with van der Waals surface area (Å²) >= 11 is 0. The first-order chi connectivity index (χ1) is 32.6. The van der Waals surface area contributed by atoms with Gasteiger partial charge < -0.3 is 23.8 Å². The van der Waals surface area contributed by atoms with Crippen LogP contribution in [0.5, 0.6) is 0 Å². The summed E-state index contributed by atoms with van der Waals surface area (Å²) in [6.45, 7) is 4.74. The standard InChI is InChI=1S/C59H107NO7/c1-6-8-10-12-14-16-18-20-22-24-26-28-29-30-32-33-35-37-39-41-43-45-47-49-57(61)66-54-55(53-65-52-51-56(59(63)64)60(3,4)5)67-58(62)50-48-46-44-42-40-38-36-34-31-27-25-23-21-19-17-15-13-11-9-7-2/h17,19,21,23,26,28,30,32,55-56H,6-16,18,20,22,24-25,27,29,31,33-54H2,1-5H3/p+1/b19-17+,23-21+,28-26+,32-30+. The average molecular weight is 944 g/mol. The number of hydrogen-bond acceptors (Lipinski definition) is 6. The summed E-state index contributed by atoms with van der Waals surface area (Å²) in [4.78, 5) is 37.3. The second-order valence-electron chi connectivity index (χ2n) is 20.2. The molecule has 0 bridgehead atoms. The molecular formula is C59H108NO7+. The zero-order chi connectivity index (χ0) is 49.2. The molecule has 0 aliphatic carbocycles. The van der Waals surface area contributed by atoms with Gasteiger partial charge in [0.1, 0.15) is 6.61 Å². The van der Waals surface area contributed by atoms with Crippen LogP contribution in [0.2, 0.25) is 0 Å². The van der Waals surface area contributed by atoms with Crippen LogP contribution in [0.15, 0.2) is 48.6 Å². The highest BCUT2D eigenvalue weighted by atomic mass is 16.6. The molecule has 1 N–H and O–H groups in total. The fourth-order valence-electron chi connectivity index (χ4n) is 8.35. The monoisotopic (exact) mass is 943 g/mol. The van der Waals surface area contributed by atoms with E-state index >= 15 is 0 Å². The maximum absolute atomic E-state index is 12.8. The van der Waals surface area contributed by atoms with Crippen molar-refractivity contribution in [2.24, 2.45) is 0 Å². The minimum atomic E-state index is -0.875. The molecule has 0 saturated carbocycles. The first-order valence-electron chi connectivity index (χ1n) is 28.2. The van der Waals surface area contributed by atoms with Crippen LogP contribution in [0.25, 0.3) is 0 Å². The summed E-state index contributed by atoms with van der Waals surface area (Å²) in [6.07, 6.45) is 61.7. The molecule has 0 aromatic heterocycles. The molecule has 2 unspecified atom stereocenters. The van der Waals surface area contributed by atoms with Crippen molar-refractivity contribution in [3.05, 3.63) is 48.6 Å². The number of nitrogens with zero attached hydrogens (tertiary/aromatic N) is 1. The molecule has 0 rings (SSSR count). The van der Waals surface area contributed by atoms with Crippen molar-refractivity contribution in [2.45, 2.75) is 270 Å². The number of hydrogen-bond donors (Lipinski definition) is 1. The Kier molecular flexibility index (Phi) is 47.7. The van der Waals surface area contributed by atoms with Crippen LogP contribution in [0.4, 0.5) is 0 Å². The molecule has 0 radical (unpaired) electrons. The molecule has 0 fully saturated rings. The quantitative estimate of drug-likeness (QED) is 0.0213. The highest BCUT2D eigenvalue weighted by Crippen LogP contribution is 2.16. The number of unbranched alkanes of at least 4 members (excludes halogenated alkanes) is 30. The van der Waals surface area contributed by atoms with E-state index in [2.05, 4.69) is 62.5 Å². The SMILES string of the molecule is CCCCCC/C=C/C=C/CCCCCCCCCCCCC(=O)OC(COCCC(C(=O)O)[N+](C)(C)C)COC(=O)CCCCCCCCC/C=C/C/C=C/CCCCCCCCCCC. The van der Waals surface area contributed by atoms with Crippen molar-refractivity contribution in [3.8, 4) is 0 Å². The lowest BCUT2D eigenvalue weighted by atomic mass is 10.1. The van der Waals surface area contributed by atoms with Crippen LogP contribution in [-0.2, 0) is 28.6 Å². The van der Waals surface area contributed by atoms with E-state index in [4.69, 9.17) is 14.2 Å². The molecule has 2 atom stereocenters. The van der Waals surface area contributed by atoms with Crippen LogP contribution >= 0.6 is 0 Å². The molecule has 390 valence electrons. The maximum atomic E-state index is 12.8. The molecule has 8 heteroatoms. The van der Waals surface area contributed by atoms with Crippen LogP contribution in [-0.4, -0.2) is 80.6 Å². The smallest absolute Gasteiger partial charge is 0.362 e. The first-order valence-corrected chi connectivity index (χ1v) is 28.2. The predicted molar refractivity (Wildman–Crippen MR) is 284 cm³/mol. The van der Waals surface area contributed by atoms with Gasteiger partial charge in [-0.2, -0.15) is 0 Å². The summed E-state index contributed by atoms with van der Waals surface area (Å²) in [5.41, 5.74) is 0. The largest absolute Gasteiger partial charge is 0.477 e. The lowest BCUT2D eigenvalue weighted by molar-refractivity contribution is -0.887. The second-order valence-corrected chi connectivity index (χ2v) is 20.2. The zero-order valence-electron chi connectivity index (χ0n) is 44.6. The third-order valence-corrected chi connectivity index (χ3v) is 12.7. The van der Waals surface area contributed by atoms with Crippen LogP contribution < -0.4 is 0 Å². The van der Waals surface area contributed by atoms with E-state index < -0.39 is 18.1 Å². The van der Waals surface area contributed by atoms with Gasteiger partial charge in [0, 0.05) is 19.3 Å². The fraction of sp³-hybridized carbons (Fsp3) is 0.814. The van der Waals surface area contributed by atoms with Crippen molar-refractivity contribution in [1.29, 1.82) is 0 Å². The van der Waals surface area contributed by atoms with Gasteiger partial charge in [0.05, 0.1) is 34.4 Å². The molecule has 0 heterocycles. The van der Waals surface area contributed by atoms with Crippen LogP contribution in [0, 0.1) is 0 Å². The van der Waals surface area contributed by atoms with Gasteiger partial charge >= 0.3 is 17.9 Å². The van der Waals surface area contributed by atoms with E-state index in [0.29, 0.717) is 19.3 Å². The number of rotatable bonds is 51. The minimum Gasteiger partial charge on any atom is -0.477 e. The zero-order valence-corrected chi connectivity index (χ0v) is 44.6. The summed E-state index contributed by atoms with van der Waals surface area (Å²) < 4.78 is 17.4. The second kappa shape index (κ2) is 49.7. The lowest BCUT2D eigenvalue weighted by Crippen LogP contribution is -2.50. The number of carboxylic acid groups (broad SMARTS) is 1. The van der Waals surface area contributed by atoms with E-state index in [-0.39, 0.29) is 36.2 Å². The van der Waals surface area contributed by atoms with E-state index in [0.717, 1.165) is 51.4 Å². The number of carbonyl (C=O) groups excluding carboxylic acids is 2. The molecule has 0 aromatic rings. The van der Waals surface area contributed by atoms with E-state index in [1.54, 1.807) is 0 Å². The maximum Gasteiger partial charge on any atom is 0.362 e. The van der Waals surface area contributed by atoms with Crippen LogP contribution in [0.3, 0.4) is 0 Å². The minimum absolute atomic E-state index is 0.0559. The van der Waals surface area contributed by atoms with Gasteiger partial charge in [-0.25, -0.2) is 4.79 Å². The highest BCUT2D eigenvalue weighted by molar-refractivity contribution is 5.72. The molecule has 0 spiro atoms. The Morgan fingerprint density at radius 3 is 1.25 bits per heavy atom. The van der Waals surface area contributed by atoms with Crippen molar-refractivity contribution < 1.29 is 38.2 Å². The molecule has 0 aromatic carbocycles. The Hall–Kier alpha value is -2.71. The predicted octanol–water partition coefficient (Wildman–Crippen LogP) is 16.7. The molecule has 0 amide bonds. The van der Waals surface area contributed by atoms with Crippen molar-refractivity contribution in [1.82, 2.24) is 0 Å². The molecule has 67 heavy (non-hydrogen) atoms. The number of likely N-dealkylation sites (N-methyl/N-ethyl adjacent to an activating group) is 1. The van der Waals surface area contributed by atoms with E-state index in [1.165, 1.54) is 173 Å². The molecule has 8 nitrogen and oxygen atoms in total. The van der Waals surface area contributed by atoms with Crippen molar-refractivity contribution in [2.75, 3.05) is 41.0 Å². The fourth-order valence-corrected chi connectivity index (χ4v) is 8.35. The summed E-state index contributed by atoms with van der Waals surface area (Å²) in [6, 6.07) is -0.618. The number of esters is 2. The van der Waals surface area contributed by atoms with Crippen molar-refractivity contribution in [3.63, 3.8) is 0 Å². The Bertz CT molecular complexity index is 1230.